The zero-order chi connectivity index (χ0) is 15.4. The molecule has 2 aromatic rings. The number of nitrogens with zero attached hydrogens (tertiary/aromatic N) is 2. The van der Waals surface area contributed by atoms with Gasteiger partial charge in [0.05, 0.1) is 16.8 Å². The van der Waals surface area contributed by atoms with E-state index in [1.807, 2.05) is 20.8 Å². The van der Waals surface area contributed by atoms with E-state index in [1.165, 1.54) is 0 Å². The highest BCUT2D eigenvalue weighted by Gasteiger charge is 2.12. The number of rotatable bonds is 5. The molecular formula is C15H18BrN3O2. The van der Waals surface area contributed by atoms with Gasteiger partial charge in [0.15, 0.2) is 17.3 Å². The number of benzene rings is 1. The Morgan fingerprint density at radius 1 is 1.29 bits per heavy atom. The number of hydrogen-bond donors (Lipinski definition) is 2. The Hall–Kier alpha value is -1.82. The van der Waals surface area contributed by atoms with E-state index in [9.17, 15) is 5.11 Å². The molecule has 6 heteroatoms. The lowest BCUT2D eigenvalue weighted by molar-refractivity contribution is 0.318. The SMILES string of the molecule is CCNc1nc(-c2ccc(O)c(OCC)c2)nc(C)c1Br. The Morgan fingerprint density at radius 3 is 2.71 bits per heavy atom. The van der Waals surface area contributed by atoms with Crippen molar-refractivity contribution in [2.75, 3.05) is 18.5 Å². The van der Waals surface area contributed by atoms with Crippen LogP contribution in [-0.2, 0) is 0 Å². The van der Waals surface area contributed by atoms with Crippen LogP contribution in [0.3, 0.4) is 0 Å². The van der Waals surface area contributed by atoms with Gasteiger partial charge in [0.2, 0.25) is 0 Å². The van der Waals surface area contributed by atoms with E-state index in [0.717, 1.165) is 28.1 Å². The number of phenols is 1. The fourth-order valence-corrected chi connectivity index (χ4v) is 2.21. The van der Waals surface area contributed by atoms with E-state index < -0.39 is 0 Å². The van der Waals surface area contributed by atoms with Gasteiger partial charge < -0.3 is 15.2 Å². The molecule has 0 amide bonds. The molecule has 21 heavy (non-hydrogen) atoms. The van der Waals surface area contributed by atoms with E-state index in [1.54, 1.807) is 18.2 Å². The molecule has 0 fully saturated rings. The van der Waals surface area contributed by atoms with Gasteiger partial charge in [-0.2, -0.15) is 0 Å². The maximum atomic E-state index is 9.76. The van der Waals surface area contributed by atoms with Crippen molar-refractivity contribution in [1.82, 2.24) is 9.97 Å². The van der Waals surface area contributed by atoms with Crippen LogP contribution in [0.5, 0.6) is 11.5 Å². The number of aryl methyl sites for hydroxylation is 1. The Bertz CT molecular complexity index is 647. The highest BCUT2D eigenvalue weighted by atomic mass is 79.9. The summed E-state index contributed by atoms with van der Waals surface area (Å²) < 4.78 is 6.26. The molecule has 0 spiro atoms. The Labute approximate surface area is 132 Å². The number of anilines is 1. The van der Waals surface area contributed by atoms with E-state index in [2.05, 4.69) is 31.2 Å². The topological polar surface area (TPSA) is 67.3 Å². The third-order valence-electron chi connectivity index (χ3n) is 2.88. The first-order chi connectivity index (χ1) is 10.1. The lowest BCUT2D eigenvalue weighted by Gasteiger charge is -2.11. The van der Waals surface area contributed by atoms with Gasteiger partial charge in [-0.1, -0.05) is 0 Å². The maximum Gasteiger partial charge on any atom is 0.161 e. The van der Waals surface area contributed by atoms with Crippen molar-refractivity contribution in [3.05, 3.63) is 28.4 Å². The molecule has 0 aliphatic heterocycles. The van der Waals surface area contributed by atoms with Crippen LogP contribution in [0.1, 0.15) is 19.5 Å². The number of nitrogens with one attached hydrogen (secondary N) is 1. The Kier molecular flexibility index (Phi) is 5.01. The van der Waals surface area contributed by atoms with Gasteiger partial charge in [0.1, 0.15) is 5.82 Å². The van der Waals surface area contributed by atoms with Crippen LogP contribution in [0, 0.1) is 6.92 Å². The third kappa shape index (κ3) is 3.44. The summed E-state index contributed by atoms with van der Waals surface area (Å²) in [7, 11) is 0. The van der Waals surface area contributed by atoms with Crippen molar-refractivity contribution >= 4 is 21.7 Å². The molecule has 2 rings (SSSR count). The smallest absolute Gasteiger partial charge is 0.161 e. The summed E-state index contributed by atoms with van der Waals surface area (Å²) >= 11 is 3.49. The van der Waals surface area contributed by atoms with Gasteiger partial charge in [0, 0.05) is 12.1 Å². The first-order valence-corrected chi connectivity index (χ1v) is 7.60. The van der Waals surface area contributed by atoms with Crippen molar-refractivity contribution in [3.8, 4) is 22.9 Å². The first-order valence-electron chi connectivity index (χ1n) is 6.81. The monoisotopic (exact) mass is 351 g/mol. The minimum Gasteiger partial charge on any atom is -0.504 e. The Morgan fingerprint density at radius 2 is 2.05 bits per heavy atom. The summed E-state index contributed by atoms with van der Waals surface area (Å²) in [5, 5.41) is 13.0. The number of halogens is 1. The molecule has 1 aromatic carbocycles. The zero-order valence-electron chi connectivity index (χ0n) is 12.3. The lowest BCUT2D eigenvalue weighted by Crippen LogP contribution is -2.04. The summed E-state index contributed by atoms with van der Waals surface area (Å²) in [4.78, 5) is 9.00. The second kappa shape index (κ2) is 6.76. The second-order valence-corrected chi connectivity index (χ2v) is 5.23. The predicted octanol–water partition coefficient (Wildman–Crippen LogP) is 3.75. The molecule has 1 heterocycles. The molecule has 2 N–H and O–H groups in total. The van der Waals surface area contributed by atoms with Crippen molar-refractivity contribution < 1.29 is 9.84 Å². The van der Waals surface area contributed by atoms with Crippen LogP contribution in [0.4, 0.5) is 5.82 Å². The van der Waals surface area contributed by atoms with Crippen LogP contribution in [0.25, 0.3) is 11.4 Å². The Balaban J connectivity index is 2.48. The minimum absolute atomic E-state index is 0.112. The molecule has 0 saturated carbocycles. The van der Waals surface area contributed by atoms with Crippen LogP contribution >= 0.6 is 15.9 Å². The summed E-state index contributed by atoms with van der Waals surface area (Å²) in [5.74, 6) is 1.89. The van der Waals surface area contributed by atoms with Gasteiger partial charge in [-0.05, 0) is 54.9 Å². The highest BCUT2D eigenvalue weighted by Crippen LogP contribution is 2.32. The van der Waals surface area contributed by atoms with Gasteiger partial charge in [-0.15, -0.1) is 0 Å². The van der Waals surface area contributed by atoms with E-state index >= 15 is 0 Å². The molecule has 112 valence electrons. The van der Waals surface area contributed by atoms with Crippen LogP contribution < -0.4 is 10.1 Å². The van der Waals surface area contributed by atoms with Crippen molar-refractivity contribution in [2.24, 2.45) is 0 Å². The zero-order valence-corrected chi connectivity index (χ0v) is 13.9. The van der Waals surface area contributed by atoms with Crippen molar-refractivity contribution in [2.45, 2.75) is 20.8 Å². The maximum absolute atomic E-state index is 9.76. The van der Waals surface area contributed by atoms with Gasteiger partial charge in [-0.25, -0.2) is 9.97 Å². The lowest BCUT2D eigenvalue weighted by atomic mass is 10.2. The molecule has 5 nitrogen and oxygen atoms in total. The molecule has 0 radical (unpaired) electrons. The van der Waals surface area contributed by atoms with Crippen molar-refractivity contribution in [1.29, 1.82) is 0 Å². The highest BCUT2D eigenvalue weighted by molar-refractivity contribution is 9.10. The third-order valence-corrected chi connectivity index (χ3v) is 3.83. The average Bonchev–Trinajstić information content (AvgIpc) is 2.46. The minimum atomic E-state index is 0.112. The average molecular weight is 352 g/mol. The summed E-state index contributed by atoms with van der Waals surface area (Å²) in [6.07, 6.45) is 0. The summed E-state index contributed by atoms with van der Waals surface area (Å²) in [5.41, 5.74) is 1.65. The quantitative estimate of drug-likeness (QED) is 0.858. The first kappa shape index (κ1) is 15.6. The fourth-order valence-electron chi connectivity index (χ4n) is 1.90. The molecule has 0 unspecified atom stereocenters. The predicted molar refractivity (Wildman–Crippen MR) is 86.9 cm³/mol. The standard InChI is InChI=1S/C15H18BrN3O2/c1-4-17-15-13(16)9(3)18-14(19-15)10-6-7-11(20)12(8-10)21-5-2/h6-8,20H,4-5H2,1-3H3,(H,17,18,19). The van der Waals surface area contributed by atoms with E-state index in [4.69, 9.17) is 4.74 Å². The summed E-state index contributed by atoms with van der Waals surface area (Å²) in [6, 6.07) is 5.11. The normalized spacial score (nSPS) is 10.5. The second-order valence-electron chi connectivity index (χ2n) is 4.44. The molecule has 0 atom stereocenters. The number of hydrogen-bond acceptors (Lipinski definition) is 5. The van der Waals surface area contributed by atoms with E-state index in [0.29, 0.717) is 18.2 Å². The molecule has 0 aliphatic rings. The van der Waals surface area contributed by atoms with Gasteiger partial charge in [0.25, 0.3) is 0 Å². The van der Waals surface area contributed by atoms with Crippen LogP contribution in [0.2, 0.25) is 0 Å². The number of phenolic OH excluding ortho intramolecular Hbond substituents is 1. The molecule has 0 saturated heterocycles. The molecule has 1 aromatic heterocycles. The van der Waals surface area contributed by atoms with Gasteiger partial charge in [-0.3, -0.25) is 0 Å². The number of ether oxygens (including phenoxy) is 1. The van der Waals surface area contributed by atoms with Crippen LogP contribution in [-0.4, -0.2) is 28.2 Å². The number of aromatic nitrogens is 2. The molecule has 0 bridgehead atoms. The fraction of sp³-hybridized carbons (Fsp3) is 0.333. The summed E-state index contributed by atoms with van der Waals surface area (Å²) in [6.45, 7) is 7.06. The van der Waals surface area contributed by atoms with E-state index in [-0.39, 0.29) is 5.75 Å². The van der Waals surface area contributed by atoms with Crippen molar-refractivity contribution in [3.63, 3.8) is 0 Å². The number of aromatic hydroxyl groups is 1. The van der Waals surface area contributed by atoms with Gasteiger partial charge >= 0.3 is 0 Å². The molecule has 0 aliphatic carbocycles. The largest absolute Gasteiger partial charge is 0.504 e. The molecular weight excluding hydrogens is 334 g/mol. The van der Waals surface area contributed by atoms with Crippen LogP contribution in [0.15, 0.2) is 22.7 Å².